The average molecular weight is 302 g/mol. The summed E-state index contributed by atoms with van der Waals surface area (Å²) in [6.07, 6.45) is 6.51. The van der Waals surface area contributed by atoms with Crippen molar-refractivity contribution in [2.45, 2.75) is 57.5 Å². The van der Waals surface area contributed by atoms with Gasteiger partial charge in [-0.05, 0) is 85.0 Å². The number of hydrogen-bond donors (Lipinski definition) is 2. The molecule has 3 aliphatic rings. The molecule has 4 rings (SSSR count). The van der Waals surface area contributed by atoms with Crippen LogP contribution in [0.3, 0.4) is 0 Å². The van der Waals surface area contributed by atoms with Crippen LogP contribution in [0, 0.1) is 17.3 Å². The minimum Gasteiger partial charge on any atom is -0.504 e. The van der Waals surface area contributed by atoms with Gasteiger partial charge in [0.2, 0.25) is 0 Å². The van der Waals surface area contributed by atoms with E-state index in [2.05, 4.69) is 13.0 Å². The first kappa shape index (κ1) is 14.4. The highest BCUT2D eigenvalue weighted by Gasteiger charge is 2.54. The number of phenols is 1. The Bertz CT molecular complexity index is 597. The molecule has 0 aromatic heterocycles. The normalized spacial score (nSPS) is 39.8. The number of hydrogen-bond acceptors (Lipinski definition) is 3. The SMILES string of the molecule is COc1cc2c(cc1O)CC[C@H]1[C@@H]2CC[C@]2(C)[C@@H](O)CC[C@@H]12. The molecule has 1 aromatic rings. The number of aliphatic hydroxyl groups excluding tert-OH is 1. The van der Waals surface area contributed by atoms with Gasteiger partial charge < -0.3 is 14.9 Å². The molecule has 0 saturated heterocycles. The van der Waals surface area contributed by atoms with Crippen molar-refractivity contribution in [2.75, 3.05) is 7.11 Å². The second-order valence-electron chi connectivity index (χ2n) is 7.78. The van der Waals surface area contributed by atoms with Gasteiger partial charge in [0.05, 0.1) is 13.2 Å². The fourth-order valence-corrected chi connectivity index (χ4v) is 5.72. The number of aryl methyl sites for hydroxylation is 1. The van der Waals surface area contributed by atoms with Gasteiger partial charge in [0.1, 0.15) is 0 Å². The molecule has 0 bridgehead atoms. The fraction of sp³-hybridized carbons (Fsp3) is 0.684. The Morgan fingerprint density at radius 3 is 2.77 bits per heavy atom. The summed E-state index contributed by atoms with van der Waals surface area (Å²) in [7, 11) is 1.62. The third-order valence-electron chi connectivity index (χ3n) is 6.97. The number of benzene rings is 1. The molecule has 2 fully saturated rings. The molecule has 0 heterocycles. The maximum absolute atomic E-state index is 10.4. The highest BCUT2D eigenvalue weighted by atomic mass is 16.5. The highest BCUT2D eigenvalue weighted by Crippen LogP contribution is 2.61. The van der Waals surface area contributed by atoms with Gasteiger partial charge in [0.25, 0.3) is 0 Å². The van der Waals surface area contributed by atoms with Crippen LogP contribution in [0.5, 0.6) is 11.5 Å². The molecule has 5 atom stereocenters. The quantitative estimate of drug-likeness (QED) is 0.833. The van der Waals surface area contributed by atoms with Crippen molar-refractivity contribution in [2.24, 2.45) is 17.3 Å². The number of methoxy groups -OCH3 is 1. The molecule has 2 N–H and O–H groups in total. The Hall–Kier alpha value is -1.22. The zero-order valence-electron chi connectivity index (χ0n) is 13.5. The van der Waals surface area contributed by atoms with Gasteiger partial charge >= 0.3 is 0 Å². The second-order valence-corrected chi connectivity index (χ2v) is 7.78. The van der Waals surface area contributed by atoms with Gasteiger partial charge in [-0.25, -0.2) is 0 Å². The number of phenolic OH excluding ortho intramolecular Hbond substituents is 1. The summed E-state index contributed by atoms with van der Waals surface area (Å²) in [5.74, 6) is 2.75. The van der Waals surface area contributed by atoms with E-state index in [4.69, 9.17) is 4.74 Å². The molecule has 0 unspecified atom stereocenters. The van der Waals surface area contributed by atoms with Gasteiger partial charge in [-0.2, -0.15) is 0 Å². The van der Waals surface area contributed by atoms with Gasteiger partial charge in [-0.3, -0.25) is 0 Å². The first-order valence-electron chi connectivity index (χ1n) is 8.62. The van der Waals surface area contributed by atoms with E-state index in [1.807, 2.05) is 6.07 Å². The van der Waals surface area contributed by atoms with E-state index < -0.39 is 0 Å². The molecular weight excluding hydrogens is 276 g/mol. The maximum atomic E-state index is 10.4. The van der Waals surface area contributed by atoms with Crippen molar-refractivity contribution in [3.63, 3.8) is 0 Å². The molecule has 22 heavy (non-hydrogen) atoms. The van der Waals surface area contributed by atoms with Gasteiger partial charge in [0, 0.05) is 0 Å². The van der Waals surface area contributed by atoms with Crippen molar-refractivity contribution in [1.29, 1.82) is 0 Å². The van der Waals surface area contributed by atoms with E-state index in [9.17, 15) is 10.2 Å². The van der Waals surface area contributed by atoms with E-state index in [1.54, 1.807) is 7.11 Å². The predicted octanol–water partition coefficient (Wildman–Crippen LogP) is 3.62. The molecule has 1 aromatic carbocycles. The monoisotopic (exact) mass is 302 g/mol. The summed E-state index contributed by atoms with van der Waals surface area (Å²) in [6.45, 7) is 2.30. The van der Waals surface area contributed by atoms with Crippen LogP contribution in [0.1, 0.15) is 56.1 Å². The van der Waals surface area contributed by atoms with Crippen molar-refractivity contribution in [1.82, 2.24) is 0 Å². The summed E-state index contributed by atoms with van der Waals surface area (Å²) in [5.41, 5.74) is 2.80. The Morgan fingerprint density at radius 2 is 2.00 bits per heavy atom. The Morgan fingerprint density at radius 1 is 1.18 bits per heavy atom. The molecule has 3 heteroatoms. The van der Waals surface area contributed by atoms with Crippen molar-refractivity contribution in [3.8, 4) is 11.5 Å². The predicted molar refractivity (Wildman–Crippen MR) is 85.3 cm³/mol. The zero-order valence-corrected chi connectivity index (χ0v) is 13.5. The average Bonchev–Trinajstić information content (AvgIpc) is 2.82. The number of ether oxygens (including phenoxy) is 1. The number of aromatic hydroxyl groups is 1. The fourth-order valence-electron chi connectivity index (χ4n) is 5.72. The van der Waals surface area contributed by atoms with Crippen molar-refractivity contribution < 1.29 is 14.9 Å². The second kappa shape index (κ2) is 4.89. The molecule has 3 aliphatic carbocycles. The van der Waals surface area contributed by atoms with E-state index >= 15 is 0 Å². The third kappa shape index (κ3) is 1.84. The Balaban J connectivity index is 1.72. The zero-order chi connectivity index (χ0) is 15.5. The van der Waals surface area contributed by atoms with E-state index in [1.165, 1.54) is 24.0 Å². The summed E-state index contributed by atoms with van der Waals surface area (Å²) >= 11 is 0. The Labute approximate surface area is 132 Å². The molecule has 120 valence electrons. The first-order chi connectivity index (χ1) is 10.5. The highest BCUT2D eigenvalue weighted by molar-refractivity contribution is 5.49. The molecule has 2 saturated carbocycles. The van der Waals surface area contributed by atoms with Crippen LogP contribution in [0.25, 0.3) is 0 Å². The summed E-state index contributed by atoms with van der Waals surface area (Å²) in [5, 5.41) is 20.5. The molecule has 0 amide bonds. The molecule has 0 aliphatic heterocycles. The molecule has 0 radical (unpaired) electrons. The van der Waals surface area contributed by atoms with Gasteiger partial charge in [0.15, 0.2) is 11.5 Å². The number of aliphatic hydroxyl groups is 1. The maximum Gasteiger partial charge on any atom is 0.160 e. The van der Waals surface area contributed by atoms with E-state index in [0.29, 0.717) is 23.5 Å². The molecule has 0 spiro atoms. The minimum atomic E-state index is -0.116. The third-order valence-corrected chi connectivity index (χ3v) is 6.97. The van der Waals surface area contributed by atoms with Crippen LogP contribution < -0.4 is 4.74 Å². The number of fused-ring (bicyclic) bond motifs is 5. The van der Waals surface area contributed by atoms with Crippen LogP contribution in [0.4, 0.5) is 0 Å². The van der Waals surface area contributed by atoms with E-state index in [-0.39, 0.29) is 17.3 Å². The van der Waals surface area contributed by atoms with Gasteiger partial charge in [-0.1, -0.05) is 6.92 Å². The standard InChI is InChI=1S/C19H26O3/c1-19-8-7-12-13(15(19)5-6-18(19)21)4-3-11-9-16(20)17(22-2)10-14(11)12/h9-10,12-13,15,18,20-21H,3-8H2,1-2H3/t12-,13-,15-,18-,19-/m0/s1. The largest absolute Gasteiger partial charge is 0.504 e. The summed E-state index contributed by atoms with van der Waals surface area (Å²) < 4.78 is 5.32. The summed E-state index contributed by atoms with van der Waals surface area (Å²) in [6, 6.07) is 3.97. The lowest BCUT2D eigenvalue weighted by atomic mass is 9.55. The van der Waals surface area contributed by atoms with Crippen molar-refractivity contribution in [3.05, 3.63) is 23.3 Å². The lowest BCUT2D eigenvalue weighted by molar-refractivity contribution is -0.0226. The van der Waals surface area contributed by atoms with Crippen LogP contribution in [-0.4, -0.2) is 23.4 Å². The van der Waals surface area contributed by atoms with Crippen LogP contribution >= 0.6 is 0 Å². The van der Waals surface area contributed by atoms with Crippen LogP contribution in [0.2, 0.25) is 0 Å². The topological polar surface area (TPSA) is 49.7 Å². The smallest absolute Gasteiger partial charge is 0.160 e. The van der Waals surface area contributed by atoms with Gasteiger partial charge in [-0.15, -0.1) is 0 Å². The molecule has 3 nitrogen and oxygen atoms in total. The van der Waals surface area contributed by atoms with Crippen LogP contribution in [-0.2, 0) is 6.42 Å². The lowest BCUT2D eigenvalue weighted by Gasteiger charge is -2.50. The summed E-state index contributed by atoms with van der Waals surface area (Å²) in [4.78, 5) is 0. The minimum absolute atomic E-state index is 0.116. The van der Waals surface area contributed by atoms with E-state index in [0.717, 1.165) is 25.7 Å². The Kier molecular flexibility index (Phi) is 3.19. The van der Waals surface area contributed by atoms with Crippen LogP contribution in [0.15, 0.2) is 12.1 Å². The first-order valence-corrected chi connectivity index (χ1v) is 8.62. The molecular formula is C19H26O3. The number of rotatable bonds is 1. The van der Waals surface area contributed by atoms with Crippen molar-refractivity contribution >= 4 is 0 Å². The lowest BCUT2D eigenvalue weighted by Crippen LogP contribution is -2.43.